The van der Waals surface area contributed by atoms with Gasteiger partial charge in [0.2, 0.25) is 0 Å². The van der Waals surface area contributed by atoms with Crippen LogP contribution < -0.4 is 4.74 Å². The molecular formula is C56H34N4O. The van der Waals surface area contributed by atoms with Crippen molar-refractivity contribution in [2.75, 3.05) is 0 Å². The lowest BCUT2D eigenvalue weighted by Gasteiger charge is -2.39. The predicted octanol–water partition coefficient (Wildman–Crippen LogP) is 13.6. The van der Waals surface area contributed by atoms with Crippen LogP contribution in [0, 0.1) is 0 Å². The van der Waals surface area contributed by atoms with Gasteiger partial charge >= 0.3 is 0 Å². The summed E-state index contributed by atoms with van der Waals surface area (Å²) in [5.74, 6) is 3.63. The Bertz CT molecular complexity index is 3470. The Morgan fingerprint density at radius 2 is 0.984 bits per heavy atom. The third kappa shape index (κ3) is 4.80. The van der Waals surface area contributed by atoms with E-state index in [2.05, 4.69) is 150 Å². The van der Waals surface area contributed by atoms with Crippen molar-refractivity contribution in [2.24, 2.45) is 0 Å². The maximum Gasteiger partial charge on any atom is 0.164 e. The van der Waals surface area contributed by atoms with E-state index in [0.717, 1.165) is 72.2 Å². The van der Waals surface area contributed by atoms with E-state index in [1.54, 1.807) is 0 Å². The smallest absolute Gasteiger partial charge is 0.164 e. The molecule has 0 N–H and O–H groups in total. The molecule has 2 aliphatic rings. The van der Waals surface area contributed by atoms with E-state index < -0.39 is 5.41 Å². The normalized spacial score (nSPS) is 13.2. The molecule has 2 aromatic heterocycles. The molecule has 1 aliphatic carbocycles. The van der Waals surface area contributed by atoms with E-state index in [4.69, 9.17) is 19.7 Å². The number of rotatable bonds is 4. The van der Waals surface area contributed by atoms with Crippen LogP contribution in [-0.4, -0.2) is 19.5 Å². The van der Waals surface area contributed by atoms with Crippen molar-refractivity contribution in [3.05, 3.63) is 229 Å². The third-order valence-electron chi connectivity index (χ3n) is 12.7. The van der Waals surface area contributed by atoms with Gasteiger partial charge in [-0.25, -0.2) is 15.0 Å². The summed E-state index contributed by atoms with van der Waals surface area (Å²) in [5.41, 5.74) is 12.7. The van der Waals surface area contributed by atoms with Gasteiger partial charge in [0.1, 0.15) is 11.5 Å². The van der Waals surface area contributed by atoms with Crippen LogP contribution in [-0.2, 0) is 5.41 Å². The molecule has 0 saturated carbocycles. The first-order valence-corrected chi connectivity index (χ1v) is 20.7. The van der Waals surface area contributed by atoms with E-state index >= 15 is 0 Å². The molecule has 0 unspecified atom stereocenters. The zero-order valence-corrected chi connectivity index (χ0v) is 32.8. The Balaban J connectivity index is 1.10. The Morgan fingerprint density at radius 1 is 0.410 bits per heavy atom. The molecule has 11 aromatic rings. The molecule has 5 heteroatoms. The van der Waals surface area contributed by atoms with E-state index in [1.807, 2.05) is 60.7 Å². The summed E-state index contributed by atoms with van der Waals surface area (Å²) in [6.07, 6.45) is 0. The zero-order valence-electron chi connectivity index (χ0n) is 32.8. The van der Waals surface area contributed by atoms with Gasteiger partial charge in [0.05, 0.1) is 21.8 Å². The van der Waals surface area contributed by atoms with Gasteiger partial charge in [0.25, 0.3) is 0 Å². The van der Waals surface area contributed by atoms with Crippen LogP contribution in [0.5, 0.6) is 11.5 Å². The highest BCUT2D eigenvalue weighted by Gasteiger charge is 2.51. The van der Waals surface area contributed by atoms with Crippen LogP contribution in [0.4, 0.5) is 0 Å². The van der Waals surface area contributed by atoms with E-state index in [9.17, 15) is 0 Å². The fraction of sp³-hybridized carbons (Fsp3) is 0.0179. The first-order valence-electron chi connectivity index (χ1n) is 20.7. The standard InChI is InChI=1S/C56H34N4O/c1-3-17-36(18-4-1)53-57-54(37-19-5-2-6-20-37)59-55(58-53)38-21-15-22-39(34-38)60-48-33-32-47-52(50(48)43-31-30-35-16-7-8-23-40(35)51(43)60)61-49-29-14-13-28-46(49)56(47)44-26-11-9-24-41(44)42-25-10-12-27-45(42)56/h1-34H. The molecule has 9 aromatic carbocycles. The summed E-state index contributed by atoms with van der Waals surface area (Å²) in [5, 5.41) is 4.54. The summed E-state index contributed by atoms with van der Waals surface area (Å²) in [4.78, 5) is 15.2. The van der Waals surface area contributed by atoms with Gasteiger partial charge in [-0.1, -0.05) is 182 Å². The number of fused-ring (bicyclic) bond motifs is 15. The van der Waals surface area contributed by atoms with E-state index in [0.29, 0.717) is 17.5 Å². The van der Waals surface area contributed by atoms with E-state index in [-0.39, 0.29) is 0 Å². The Morgan fingerprint density at radius 3 is 1.69 bits per heavy atom. The van der Waals surface area contributed by atoms with Gasteiger partial charge in [-0.15, -0.1) is 0 Å². The van der Waals surface area contributed by atoms with Crippen LogP contribution >= 0.6 is 0 Å². The van der Waals surface area contributed by atoms with Crippen LogP contribution in [0.2, 0.25) is 0 Å². The lowest BCUT2D eigenvalue weighted by atomic mass is 9.66. The second-order valence-corrected chi connectivity index (χ2v) is 15.9. The van der Waals surface area contributed by atoms with Gasteiger partial charge in [0, 0.05) is 44.3 Å². The molecule has 0 amide bonds. The predicted molar refractivity (Wildman–Crippen MR) is 245 cm³/mol. The topological polar surface area (TPSA) is 52.8 Å². The zero-order chi connectivity index (χ0) is 40.1. The molecule has 0 saturated heterocycles. The molecule has 0 radical (unpaired) electrons. The van der Waals surface area contributed by atoms with Crippen molar-refractivity contribution in [3.8, 4) is 62.5 Å². The molecule has 5 nitrogen and oxygen atoms in total. The Labute approximate surface area is 351 Å². The summed E-state index contributed by atoms with van der Waals surface area (Å²) in [6.45, 7) is 0. The summed E-state index contributed by atoms with van der Waals surface area (Å²) in [7, 11) is 0. The Kier molecular flexibility index (Phi) is 7.16. The largest absolute Gasteiger partial charge is 0.456 e. The minimum Gasteiger partial charge on any atom is -0.456 e. The average molecular weight is 779 g/mol. The number of ether oxygens (including phenoxy) is 1. The number of para-hydroxylation sites is 1. The number of hydrogen-bond acceptors (Lipinski definition) is 4. The first-order chi connectivity index (χ1) is 30.3. The molecule has 0 atom stereocenters. The van der Waals surface area contributed by atoms with Crippen molar-refractivity contribution < 1.29 is 4.74 Å². The quantitative estimate of drug-likeness (QED) is 0.179. The lowest BCUT2D eigenvalue weighted by Crippen LogP contribution is -2.32. The maximum absolute atomic E-state index is 7.24. The summed E-state index contributed by atoms with van der Waals surface area (Å²) >= 11 is 0. The number of hydrogen-bond donors (Lipinski definition) is 0. The molecule has 1 aliphatic heterocycles. The maximum atomic E-state index is 7.24. The monoisotopic (exact) mass is 778 g/mol. The summed E-state index contributed by atoms with van der Waals surface area (Å²) < 4.78 is 9.64. The minimum absolute atomic E-state index is 0.567. The second-order valence-electron chi connectivity index (χ2n) is 15.9. The van der Waals surface area contributed by atoms with Gasteiger partial charge in [-0.05, 0) is 51.9 Å². The number of benzene rings is 9. The highest BCUT2D eigenvalue weighted by atomic mass is 16.5. The van der Waals surface area contributed by atoms with Crippen molar-refractivity contribution in [1.29, 1.82) is 0 Å². The molecule has 3 heterocycles. The van der Waals surface area contributed by atoms with Gasteiger partial charge in [-0.2, -0.15) is 0 Å². The van der Waals surface area contributed by atoms with Gasteiger partial charge in [0.15, 0.2) is 17.5 Å². The minimum atomic E-state index is -0.567. The Hall–Kier alpha value is -8.15. The molecular weight excluding hydrogens is 745 g/mol. The molecule has 13 rings (SSSR count). The third-order valence-corrected chi connectivity index (χ3v) is 12.7. The number of aromatic nitrogens is 4. The van der Waals surface area contributed by atoms with Crippen LogP contribution in [0.1, 0.15) is 22.3 Å². The van der Waals surface area contributed by atoms with Crippen LogP contribution in [0.25, 0.3) is 83.6 Å². The lowest BCUT2D eigenvalue weighted by molar-refractivity contribution is 0.442. The number of nitrogens with zero attached hydrogens (tertiary/aromatic N) is 4. The fourth-order valence-corrected chi connectivity index (χ4v) is 10.2. The van der Waals surface area contributed by atoms with Crippen LogP contribution in [0.15, 0.2) is 206 Å². The van der Waals surface area contributed by atoms with Crippen molar-refractivity contribution in [3.63, 3.8) is 0 Å². The highest BCUT2D eigenvalue weighted by molar-refractivity contribution is 6.21. The highest BCUT2D eigenvalue weighted by Crippen LogP contribution is 2.63. The molecule has 284 valence electrons. The van der Waals surface area contributed by atoms with Crippen molar-refractivity contribution in [1.82, 2.24) is 19.5 Å². The van der Waals surface area contributed by atoms with Crippen LogP contribution in [0.3, 0.4) is 0 Å². The van der Waals surface area contributed by atoms with Crippen molar-refractivity contribution >= 4 is 32.6 Å². The van der Waals surface area contributed by atoms with E-state index in [1.165, 1.54) is 27.6 Å². The fourth-order valence-electron chi connectivity index (χ4n) is 10.2. The average Bonchev–Trinajstić information content (AvgIpc) is 3.84. The molecule has 0 fully saturated rings. The summed E-state index contributed by atoms with van der Waals surface area (Å²) in [6, 6.07) is 73.0. The molecule has 0 bridgehead atoms. The SMILES string of the molecule is c1ccc(-c2nc(-c3ccccc3)nc(-c3cccc(-n4c5ccc6c(c5c5ccc7ccccc7c54)Oc4ccccc4C64c5ccccc5-c5ccccc54)c3)n2)cc1. The first kappa shape index (κ1) is 33.8. The van der Waals surface area contributed by atoms with Gasteiger partial charge in [-0.3, -0.25) is 0 Å². The van der Waals surface area contributed by atoms with Gasteiger partial charge < -0.3 is 9.30 Å². The second kappa shape index (κ2) is 12.9. The molecule has 61 heavy (non-hydrogen) atoms. The molecule has 1 spiro atoms. The van der Waals surface area contributed by atoms with Crippen molar-refractivity contribution in [2.45, 2.75) is 5.41 Å².